The SMILES string of the molecule is CC/C=C\C/C=C\C/C=C\CC(=O)OCC(COC(=O)CCCCCCCCCCCCCCCC)OC(=O)CCCCCCCCCCCCC. The molecule has 0 heterocycles. The first kappa shape index (κ1) is 49.6. The van der Waals surface area contributed by atoms with E-state index in [1.54, 1.807) is 6.08 Å². The predicted octanol–water partition coefficient (Wildman–Crippen LogP) is 13.8. The zero-order valence-corrected chi connectivity index (χ0v) is 34.3. The predicted molar refractivity (Wildman–Crippen MR) is 219 cm³/mol. The van der Waals surface area contributed by atoms with Crippen molar-refractivity contribution in [2.45, 2.75) is 226 Å². The number of ether oxygens (including phenoxy) is 3. The van der Waals surface area contributed by atoms with Crippen molar-refractivity contribution in [3.63, 3.8) is 0 Å². The Bertz CT molecular complexity index is 891. The second kappa shape index (κ2) is 41.4. The summed E-state index contributed by atoms with van der Waals surface area (Å²) in [4.78, 5) is 37.5. The zero-order chi connectivity index (χ0) is 38.0. The molecule has 0 amide bonds. The molecule has 0 aliphatic carbocycles. The fourth-order valence-corrected chi connectivity index (χ4v) is 6.15. The van der Waals surface area contributed by atoms with Crippen LogP contribution in [0.1, 0.15) is 220 Å². The maximum absolute atomic E-state index is 12.7. The minimum Gasteiger partial charge on any atom is -0.462 e. The number of hydrogen-bond donors (Lipinski definition) is 0. The van der Waals surface area contributed by atoms with Gasteiger partial charge in [0.15, 0.2) is 6.10 Å². The molecule has 6 nitrogen and oxygen atoms in total. The van der Waals surface area contributed by atoms with E-state index in [1.807, 2.05) is 6.08 Å². The van der Waals surface area contributed by atoms with Gasteiger partial charge < -0.3 is 14.2 Å². The number of carbonyl (C=O) groups is 3. The van der Waals surface area contributed by atoms with E-state index < -0.39 is 12.1 Å². The molecule has 0 fully saturated rings. The lowest BCUT2D eigenvalue weighted by molar-refractivity contribution is -0.166. The van der Waals surface area contributed by atoms with Crippen LogP contribution in [-0.4, -0.2) is 37.2 Å². The van der Waals surface area contributed by atoms with Gasteiger partial charge in [-0.2, -0.15) is 0 Å². The summed E-state index contributed by atoms with van der Waals surface area (Å²) in [6.45, 7) is 6.41. The molecule has 1 unspecified atom stereocenters. The van der Waals surface area contributed by atoms with E-state index in [0.717, 1.165) is 57.8 Å². The summed E-state index contributed by atoms with van der Waals surface area (Å²) in [5.74, 6) is -1.02. The summed E-state index contributed by atoms with van der Waals surface area (Å²) < 4.78 is 16.6. The average Bonchev–Trinajstić information content (AvgIpc) is 3.14. The minimum absolute atomic E-state index is 0.0954. The van der Waals surface area contributed by atoms with E-state index in [4.69, 9.17) is 14.2 Å². The smallest absolute Gasteiger partial charge is 0.309 e. The molecule has 6 heteroatoms. The second-order valence-electron chi connectivity index (χ2n) is 14.6. The first-order chi connectivity index (χ1) is 25.5. The highest BCUT2D eigenvalue weighted by Gasteiger charge is 2.19. The van der Waals surface area contributed by atoms with Crippen molar-refractivity contribution in [3.05, 3.63) is 36.5 Å². The molecule has 0 N–H and O–H groups in total. The molecule has 0 aliphatic heterocycles. The van der Waals surface area contributed by atoms with Crippen LogP contribution in [0.2, 0.25) is 0 Å². The maximum atomic E-state index is 12.7. The van der Waals surface area contributed by atoms with E-state index >= 15 is 0 Å². The van der Waals surface area contributed by atoms with Crippen molar-refractivity contribution in [2.24, 2.45) is 0 Å². The van der Waals surface area contributed by atoms with Crippen LogP contribution in [-0.2, 0) is 28.6 Å². The van der Waals surface area contributed by atoms with Gasteiger partial charge in [0.05, 0.1) is 6.42 Å². The maximum Gasteiger partial charge on any atom is 0.309 e. The lowest BCUT2D eigenvalue weighted by Gasteiger charge is -2.18. The summed E-state index contributed by atoms with van der Waals surface area (Å²) in [6.07, 6.45) is 45.9. The molecule has 0 radical (unpaired) electrons. The third-order valence-electron chi connectivity index (χ3n) is 9.44. The van der Waals surface area contributed by atoms with Crippen LogP contribution in [0.4, 0.5) is 0 Å². The highest BCUT2D eigenvalue weighted by Crippen LogP contribution is 2.15. The van der Waals surface area contributed by atoms with Gasteiger partial charge in [0.2, 0.25) is 0 Å². The van der Waals surface area contributed by atoms with E-state index in [0.29, 0.717) is 12.8 Å². The third kappa shape index (κ3) is 38.9. The van der Waals surface area contributed by atoms with Crippen molar-refractivity contribution in [1.82, 2.24) is 0 Å². The number of esters is 3. The molecular weight excluding hydrogens is 649 g/mol. The molecule has 0 aliphatic rings. The van der Waals surface area contributed by atoms with Gasteiger partial charge in [-0.15, -0.1) is 0 Å². The number of unbranched alkanes of at least 4 members (excludes halogenated alkanes) is 23. The number of rotatable bonds is 39. The van der Waals surface area contributed by atoms with E-state index in [-0.39, 0.29) is 31.6 Å². The fourth-order valence-electron chi connectivity index (χ4n) is 6.15. The molecule has 302 valence electrons. The van der Waals surface area contributed by atoms with Crippen molar-refractivity contribution in [3.8, 4) is 0 Å². The van der Waals surface area contributed by atoms with E-state index in [9.17, 15) is 14.4 Å². The number of allylic oxidation sites excluding steroid dienone is 5. The number of carbonyl (C=O) groups excluding carboxylic acids is 3. The Hall–Kier alpha value is -2.37. The van der Waals surface area contributed by atoms with E-state index in [2.05, 4.69) is 45.1 Å². The average molecular weight is 731 g/mol. The summed E-state index contributed by atoms with van der Waals surface area (Å²) in [5.41, 5.74) is 0. The van der Waals surface area contributed by atoms with Crippen LogP contribution >= 0.6 is 0 Å². The summed E-state index contributed by atoms with van der Waals surface area (Å²) >= 11 is 0. The van der Waals surface area contributed by atoms with Crippen molar-refractivity contribution < 1.29 is 28.6 Å². The van der Waals surface area contributed by atoms with E-state index in [1.165, 1.54) is 122 Å². The molecule has 0 aromatic heterocycles. The zero-order valence-electron chi connectivity index (χ0n) is 34.3. The van der Waals surface area contributed by atoms with Gasteiger partial charge in [0, 0.05) is 12.8 Å². The van der Waals surface area contributed by atoms with Crippen molar-refractivity contribution >= 4 is 17.9 Å². The van der Waals surface area contributed by atoms with Gasteiger partial charge in [0.25, 0.3) is 0 Å². The van der Waals surface area contributed by atoms with Crippen LogP contribution in [0, 0.1) is 0 Å². The van der Waals surface area contributed by atoms with Crippen LogP contribution < -0.4 is 0 Å². The fraction of sp³-hybridized carbons (Fsp3) is 0.804. The highest BCUT2D eigenvalue weighted by atomic mass is 16.6. The van der Waals surface area contributed by atoms with Gasteiger partial charge in [0.1, 0.15) is 13.2 Å². The Kier molecular flexibility index (Phi) is 39.5. The Morgan fingerprint density at radius 3 is 1.17 bits per heavy atom. The Labute approximate surface area is 321 Å². The molecule has 0 bridgehead atoms. The molecule has 0 saturated carbocycles. The van der Waals surface area contributed by atoms with Gasteiger partial charge in [-0.05, 0) is 32.1 Å². The molecule has 0 aromatic carbocycles. The van der Waals surface area contributed by atoms with Crippen LogP contribution in [0.3, 0.4) is 0 Å². The molecule has 52 heavy (non-hydrogen) atoms. The first-order valence-electron chi connectivity index (χ1n) is 22.0. The van der Waals surface area contributed by atoms with Gasteiger partial charge >= 0.3 is 17.9 Å². The summed E-state index contributed by atoms with van der Waals surface area (Å²) in [7, 11) is 0. The van der Waals surface area contributed by atoms with Crippen LogP contribution in [0.25, 0.3) is 0 Å². The molecule has 0 spiro atoms. The Balaban J connectivity index is 4.39. The highest BCUT2D eigenvalue weighted by molar-refractivity contribution is 5.72. The van der Waals surface area contributed by atoms with Crippen LogP contribution in [0.15, 0.2) is 36.5 Å². The number of hydrogen-bond acceptors (Lipinski definition) is 6. The van der Waals surface area contributed by atoms with Gasteiger partial charge in [-0.25, -0.2) is 0 Å². The monoisotopic (exact) mass is 731 g/mol. The largest absolute Gasteiger partial charge is 0.462 e. The molecule has 0 saturated heterocycles. The summed E-state index contributed by atoms with van der Waals surface area (Å²) in [6, 6.07) is 0. The quantitative estimate of drug-likeness (QED) is 0.0271. The van der Waals surface area contributed by atoms with Crippen molar-refractivity contribution in [2.75, 3.05) is 13.2 Å². The molecule has 0 aromatic rings. The molecular formula is C46H82O6. The lowest BCUT2D eigenvalue weighted by atomic mass is 10.0. The normalized spacial score (nSPS) is 12.3. The third-order valence-corrected chi connectivity index (χ3v) is 9.44. The molecule has 1 atom stereocenters. The topological polar surface area (TPSA) is 78.9 Å². The van der Waals surface area contributed by atoms with Gasteiger partial charge in [-0.3, -0.25) is 14.4 Å². The van der Waals surface area contributed by atoms with Crippen molar-refractivity contribution in [1.29, 1.82) is 0 Å². The minimum atomic E-state index is -0.799. The first-order valence-corrected chi connectivity index (χ1v) is 22.0. The standard InChI is InChI=1S/C46H82O6/c1-4-7-10-13-16-19-21-22-23-25-27-30-33-36-39-45(48)51-42-43(41-50-44(47)38-35-32-29-26-18-15-12-9-6-3)52-46(49)40-37-34-31-28-24-20-17-14-11-8-5-2/h9,12,18,26,32,35,43H,4-8,10-11,13-17,19-25,27-31,33-34,36-42H2,1-3H3/b12-9-,26-18-,35-32-. The molecule has 0 rings (SSSR count). The Morgan fingerprint density at radius 1 is 0.404 bits per heavy atom. The van der Waals surface area contributed by atoms with Gasteiger partial charge in [-0.1, -0.05) is 205 Å². The second-order valence-corrected chi connectivity index (χ2v) is 14.6. The summed E-state index contributed by atoms with van der Waals surface area (Å²) in [5, 5.41) is 0. The Morgan fingerprint density at radius 2 is 0.750 bits per heavy atom. The lowest BCUT2D eigenvalue weighted by Crippen LogP contribution is -2.30. The van der Waals surface area contributed by atoms with Crippen LogP contribution in [0.5, 0.6) is 0 Å².